The summed E-state index contributed by atoms with van der Waals surface area (Å²) in [5.74, 6) is 0. The van der Waals surface area contributed by atoms with Gasteiger partial charge in [-0.25, -0.2) is 0 Å². The number of rotatable bonds is 6. The normalized spacial score (nSPS) is 14.1. The Morgan fingerprint density at radius 2 is 2.36 bits per heavy atom. The Bertz CT molecular complexity index is 109. The second kappa shape index (κ2) is 8.34. The summed E-state index contributed by atoms with van der Waals surface area (Å²) in [7, 11) is 1.63. The molecule has 0 spiro atoms. The van der Waals surface area contributed by atoms with Crippen LogP contribution in [-0.4, -0.2) is 32.2 Å². The first-order valence-electron chi connectivity index (χ1n) is 3.40. The van der Waals surface area contributed by atoms with Crippen molar-refractivity contribution >= 4 is 23.2 Å². The highest BCUT2D eigenvalue weighted by molar-refractivity contribution is 6.25. The molecule has 1 atom stereocenters. The lowest BCUT2D eigenvalue weighted by Crippen LogP contribution is -2.26. The first-order chi connectivity index (χ1) is 5.31. The monoisotopic (exact) mass is 197 g/mol. The maximum Gasteiger partial charge on any atom is 0.0694 e. The van der Waals surface area contributed by atoms with Crippen molar-refractivity contribution in [3.8, 4) is 0 Å². The Balaban J connectivity index is 3.10. The highest BCUT2D eigenvalue weighted by Crippen LogP contribution is 1.92. The fourth-order valence-corrected chi connectivity index (χ4v) is 0.932. The Morgan fingerprint density at radius 3 is 2.91 bits per heavy atom. The van der Waals surface area contributed by atoms with Gasteiger partial charge in [0.2, 0.25) is 0 Å². The van der Waals surface area contributed by atoms with Gasteiger partial charge < -0.3 is 10.1 Å². The van der Waals surface area contributed by atoms with Crippen LogP contribution in [0.3, 0.4) is 0 Å². The predicted molar refractivity (Wildman–Crippen MR) is 49.4 cm³/mol. The number of alkyl halides is 1. The van der Waals surface area contributed by atoms with Crippen LogP contribution in [0.1, 0.15) is 0 Å². The number of ether oxygens (including phenoxy) is 1. The van der Waals surface area contributed by atoms with Gasteiger partial charge in [0, 0.05) is 25.7 Å². The van der Waals surface area contributed by atoms with Crippen LogP contribution < -0.4 is 5.32 Å². The van der Waals surface area contributed by atoms with Crippen molar-refractivity contribution < 1.29 is 4.74 Å². The molecule has 0 saturated carbocycles. The Kier molecular flexibility index (Phi) is 8.52. The van der Waals surface area contributed by atoms with Crippen molar-refractivity contribution in [2.45, 2.75) is 5.38 Å². The molecule has 0 saturated heterocycles. The molecule has 66 valence electrons. The number of hydrogen-bond donors (Lipinski definition) is 1. The Hall–Kier alpha value is 0.240. The van der Waals surface area contributed by atoms with Gasteiger partial charge in [0.1, 0.15) is 0 Å². The van der Waals surface area contributed by atoms with E-state index in [0.29, 0.717) is 6.61 Å². The van der Waals surface area contributed by atoms with Gasteiger partial charge in [0.25, 0.3) is 0 Å². The molecule has 0 rings (SSSR count). The lowest BCUT2D eigenvalue weighted by Gasteiger charge is -2.07. The maximum atomic E-state index is 5.82. The average Bonchev–Trinajstić information content (AvgIpc) is 1.99. The predicted octanol–water partition coefficient (Wildman–Crippen LogP) is 1.58. The molecule has 0 fully saturated rings. The average molecular weight is 198 g/mol. The van der Waals surface area contributed by atoms with Crippen LogP contribution in [-0.2, 0) is 4.74 Å². The molecular weight excluding hydrogens is 185 g/mol. The summed E-state index contributed by atoms with van der Waals surface area (Å²) < 4.78 is 4.84. The van der Waals surface area contributed by atoms with E-state index >= 15 is 0 Å². The third-order valence-electron chi connectivity index (χ3n) is 1.06. The largest absolute Gasteiger partial charge is 0.383 e. The molecular formula is C7H13Cl2NO. The highest BCUT2D eigenvalue weighted by Gasteiger charge is 2.00. The molecule has 0 bridgehead atoms. The third kappa shape index (κ3) is 8.14. The smallest absolute Gasteiger partial charge is 0.0694 e. The van der Waals surface area contributed by atoms with Gasteiger partial charge in [0.15, 0.2) is 0 Å². The van der Waals surface area contributed by atoms with E-state index in [-0.39, 0.29) is 5.38 Å². The van der Waals surface area contributed by atoms with Crippen LogP contribution in [0.25, 0.3) is 0 Å². The van der Waals surface area contributed by atoms with Crippen molar-refractivity contribution in [3.63, 3.8) is 0 Å². The molecule has 0 aliphatic rings. The van der Waals surface area contributed by atoms with Gasteiger partial charge in [-0.1, -0.05) is 17.7 Å². The van der Waals surface area contributed by atoms with Crippen molar-refractivity contribution in [1.82, 2.24) is 5.32 Å². The minimum Gasteiger partial charge on any atom is -0.383 e. The summed E-state index contributed by atoms with van der Waals surface area (Å²) in [6.45, 7) is 2.05. The van der Waals surface area contributed by atoms with E-state index in [1.54, 1.807) is 7.11 Å². The van der Waals surface area contributed by atoms with Crippen LogP contribution in [0.2, 0.25) is 0 Å². The SMILES string of the molecule is COCC(Cl)CNC/C=C/Cl. The van der Waals surface area contributed by atoms with E-state index in [9.17, 15) is 0 Å². The minimum atomic E-state index is 0.0312. The van der Waals surface area contributed by atoms with Crippen LogP contribution >= 0.6 is 23.2 Å². The van der Waals surface area contributed by atoms with Gasteiger partial charge in [-0.2, -0.15) is 0 Å². The lowest BCUT2D eigenvalue weighted by atomic mass is 10.4. The standard InChI is InChI=1S/C7H13Cl2NO/c1-11-6-7(9)5-10-4-2-3-8/h2-3,7,10H,4-6H2,1H3/b3-2+. The molecule has 0 aliphatic heterocycles. The zero-order chi connectivity index (χ0) is 8.53. The zero-order valence-electron chi connectivity index (χ0n) is 6.52. The Labute approximate surface area is 77.5 Å². The minimum absolute atomic E-state index is 0.0312. The second-order valence-corrected chi connectivity index (χ2v) is 2.94. The molecule has 0 aromatic heterocycles. The highest BCUT2D eigenvalue weighted by atomic mass is 35.5. The fourth-order valence-electron chi connectivity index (χ4n) is 0.608. The molecule has 0 aliphatic carbocycles. The van der Waals surface area contributed by atoms with Gasteiger partial charge in [-0.05, 0) is 0 Å². The van der Waals surface area contributed by atoms with Gasteiger partial charge >= 0.3 is 0 Å². The molecule has 0 radical (unpaired) electrons. The van der Waals surface area contributed by atoms with Gasteiger partial charge in [-0.15, -0.1) is 11.6 Å². The molecule has 0 heterocycles. The topological polar surface area (TPSA) is 21.3 Å². The van der Waals surface area contributed by atoms with Crippen LogP contribution in [0, 0.1) is 0 Å². The number of halogens is 2. The first kappa shape index (κ1) is 11.2. The molecule has 2 nitrogen and oxygen atoms in total. The molecule has 4 heteroatoms. The fraction of sp³-hybridized carbons (Fsp3) is 0.714. The summed E-state index contributed by atoms with van der Waals surface area (Å²) in [6, 6.07) is 0. The van der Waals surface area contributed by atoms with E-state index in [1.165, 1.54) is 5.54 Å². The van der Waals surface area contributed by atoms with Crippen LogP contribution in [0.15, 0.2) is 11.6 Å². The summed E-state index contributed by atoms with van der Waals surface area (Å²) in [4.78, 5) is 0. The quantitative estimate of drug-likeness (QED) is 0.516. The van der Waals surface area contributed by atoms with Crippen molar-refractivity contribution in [2.24, 2.45) is 0 Å². The van der Waals surface area contributed by atoms with Gasteiger partial charge in [-0.3, -0.25) is 0 Å². The van der Waals surface area contributed by atoms with Crippen molar-refractivity contribution in [3.05, 3.63) is 11.6 Å². The van der Waals surface area contributed by atoms with E-state index in [4.69, 9.17) is 27.9 Å². The first-order valence-corrected chi connectivity index (χ1v) is 4.27. The van der Waals surface area contributed by atoms with Crippen molar-refractivity contribution in [2.75, 3.05) is 26.8 Å². The molecule has 1 N–H and O–H groups in total. The lowest BCUT2D eigenvalue weighted by molar-refractivity contribution is 0.197. The third-order valence-corrected chi connectivity index (χ3v) is 1.52. The summed E-state index contributed by atoms with van der Waals surface area (Å²) in [5, 5.41) is 3.12. The maximum absolute atomic E-state index is 5.82. The number of nitrogens with one attached hydrogen (secondary N) is 1. The van der Waals surface area contributed by atoms with Gasteiger partial charge in [0.05, 0.1) is 12.0 Å². The van der Waals surface area contributed by atoms with E-state index in [0.717, 1.165) is 13.1 Å². The summed E-state index contributed by atoms with van der Waals surface area (Å²) in [5.41, 5.74) is 1.48. The summed E-state index contributed by atoms with van der Waals surface area (Å²) >= 11 is 11.1. The summed E-state index contributed by atoms with van der Waals surface area (Å²) in [6.07, 6.45) is 1.82. The van der Waals surface area contributed by atoms with Crippen molar-refractivity contribution in [1.29, 1.82) is 0 Å². The van der Waals surface area contributed by atoms with E-state index < -0.39 is 0 Å². The molecule has 0 aromatic rings. The van der Waals surface area contributed by atoms with Crippen LogP contribution in [0.5, 0.6) is 0 Å². The number of methoxy groups -OCH3 is 1. The second-order valence-electron chi connectivity index (χ2n) is 2.07. The molecule has 11 heavy (non-hydrogen) atoms. The Morgan fingerprint density at radius 1 is 1.64 bits per heavy atom. The van der Waals surface area contributed by atoms with E-state index in [1.807, 2.05) is 6.08 Å². The van der Waals surface area contributed by atoms with Crippen LogP contribution in [0.4, 0.5) is 0 Å². The molecule has 0 aromatic carbocycles. The molecule has 1 unspecified atom stereocenters. The zero-order valence-corrected chi connectivity index (χ0v) is 8.03. The molecule has 0 amide bonds. The number of hydrogen-bond acceptors (Lipinski definition) is 2. The van der Waals surface area contributed by atoms with E-state index in [2.05, 4.69) is 5.32 Å².